The third kappa shape index (κ3) is 1.61. The van der Waals surface area contributed by atoms with Gasteiger partial charge in [0.15, 0.2) is 12.6 Å². The number of benzene rings is 1. The number of fused-ring (bicyclic) bond motifs is 3. The van der Waals surface area contributed by atoms with Gasteiger partial charge < -0.3 is 19.4 Å². The van der Waals surface area contributed by atoms with Gasteiger partial charge in [-0.3, -0.25) is 4.79 Å². The first-order chi connectivity index (χ1) is 9.63. The van der Waals surface area contributed by atoms with Crippen LogP contribution in [0.1, 0.15) is 18.8 Å². The highest BCUT2D eigenvalue weighted by Crippen LogP contribution is 2.37. The minimum absolute atomic E-state index is 0.187. The zero-order chi connectivity index (χ0) is 13.9. The van der Waals surface area contributed by atoms with Crippen molar-refractivity contribution >= 4 is 33.4 Å². The molecule has 0 unspecified atom stereocenters. The summed E-state index contributed by atoms with van der Waals surface area (Å²) >= 11 is 5.98. The number of hydrogen-bond acceptors (Lipinski definition) is 3. The third-order valence-electron chi connectivity index (χ3n) is 3.52. The van der Waals surface area contributed by atoms with Gasteiger partial charge in [0.2, 0.25) is 0 Å². The zero-order valence-electron chi connectivity index (χ0n) is 10.6. The Hall–Kier alpha value is -1.82. The van der Waals surface area contributed by atoms with Crippen LogP contribution in [0, 0.1) is 0 Å². The third-order valence-corrected chi connectivity index (χ3v) is 3.76. The Morgan fingerprint density at radius 3 is 2.85 bits per heavy atom. The number of pyridine rings is 1. The maximum absolute atomic E-state index is 12.1. The van der Waals surface area contributed by atoms with Crippen molar-refractivity contribution in [3.05, 3.63) is 45.3 Å². The highest BCUT2D eigenvalue weighted by atomic mass is 35.5. The first-order valence-electron chi connectivity index (χ1n) is 6.27. The largest absolute Gasteiger partial charge is 0.356 e. The van der Waals surface area contributed by atoms with Crippen LogP contribution >= 0.6 is 11.6 Å². The molecule has 2 N–H and O–H groups in total. The molecule has 0 bridgehead atoms. The lowest BCUT2D eigenvalue weighted by atomic mass is 10.1. The number of H-pyrrole nitrogens is 2. The normalized spacial score (nSPS) is 22.3. The van der Waals surface area contributed by atoms with E-state index >= 15 is 0 Å². The average molecular weight is 291 g/mol. The number of aromatic amines is 2. The van der Waals surface area contributed by atoms with Crippen molar-refractivity contribution < 1.29 is 9.47 Å². The molecule has 102 valence electrons. The van der Waals surface area contributed by atoms with Crippen LogP contribution in [0.5, 0.6) is 0 Å². The number of ether oxygens (including phenoxy) is 2. The zero-order valence-corrected chi connectivity index (χ0v) is 11.3. The van der Waals surface area contributed by atoms with Gasteiger partial charge in [0.05, 0.1) is 5.52 Å². The summed E-state index contributed by atoms with van der Waals surface area (Å²) < 4.78 is 11.0. The standard InChI is InChI=1S/C14H11ClN2O3/c1-6-19-14(20-6)9-5-16-12-11(9)8-3-2-7(15)4-10(8)17-13(12)18/h2-6,14,16H,1H3,(H,17,18). The van der Waals surface area contributed by atoms with Crippen LogP contribution in [0.3, 0.4) is 0 Å². The molecular formula is C14H11ClN2O3. The second kappa shape index (κ2) is 4.09. The van der Waals surface area contributed by atoms with Gasteiger partial charge in [-0.2, -0.15) is 0 Å². The van der Waals surface area contributed by atoms with E-state index in [-0.39, 0.29) is 11.8 Å². The Labute approximate surface area is 118 Å². The van der Waals surface area contributed by atoms with E-state index in [2.05, 4.69) is 9.97 Å². The maximum atomic E-state index is 12.1. The second-order valence-corrected chi connectivity index (χ2v) is 5.25. The summed E-state index contributed by atoms with van der Waals surface area (Å²) in [6.07, 6.45) is 1.11. The number of aromatic nitrogens is 2. The smallest absolute Gasteiger partial charge is 0.272 e. The molecule has 6 heteroatoms. The Morgan fingerprint density at radius 2 is 2.10 bits per heavy atom. The monoisotopic (exact) mass is 290 g/mol. The van der Waals surface area contributed by atoms with Gasteiger partial charge in [-0.25, -0.2) is 0 Å². The predicted molar refractivity (Wildman–Crippen MR) is 75.8 cm³/mol. The fraction of sp³-hybridized carbons (Fsp3) is 0.214. The molecule has 3 aromatic rings. The molecule has 1 aliphatic heterocycles. The molecule has 1 saturated heterocycles. The fourth-order valence-electron chi connectivity index (χ4n) is 2.62. The van der Waals surface area contributed by atoms with Crippen LogP contribution in [0.25, 0.3) is 21.8 Å². The van der Waals surface area contributed by atoms with Gasteiger partial charge in [-0.15, -0.1) is 0 Å². The lowest BCUT2D eigenvalue weighted by Gasteiger charge is -2.33. The van der Waals surface area contributed by atoms with Gasteiger partial charge in [-0.1, -0.05) is 17.7 Å². The molecule has 1 aliphatic rings. The molecule has 0 radical (unpaired) electrons. The van der Waals surface area contributed by atoms with E-state index in [1.807, 2.05) is 13.0 Å². The minimum atomic E-state index is -0.431. The van der Waals surface area contributed by atoms with E-state index in [1.165, 1.54) is 0 Å². The van der Waals surface area contributed by atoms with Crippen LogP contribution in [-0.2, 0) is 9.47 Å². The van der Waals surface area contributed by atoms with Crippen LogP contribution < -0.4 is 5.56 Å². The van der Waals surface area contributed by atoms with E-state index in [1.54, 1.807) is 18.3 Å². The molecule has 0 amide bonds. The molecule has 4 rings (SSSR count). The second-order valence-electron chi connectivity index (χ2n) is 4.81. The van der Waals surface area contributed by atoms with Crippen LogP contribution in [0.2, 0.25) is 5.02 Å². The molecule has 0 aliphatic carbocycles. The number of halogens is 1. The Balaban J connectivity index is 2.07. The summed E-state index contributed by atoms with van der Waals surface area (Å²) in [4.78, 5) is 17.9. The Bertz CT molecular complexity index is 877. The van der Waals surface area contributed by atoms with Gasteiger partial charge in [-0.05, 0) is 19.1 Å². The highest BCUT2D eigenvalue weighted by molar-refractivity contribution is 6.31. The molecule has 2 aromatic heterocycles. The average Bonchev–Trinajstić information content (AvgIpc) is 2.80. The van der Waals surface area contributed by atoms with E-state index in [4.69, 9.17) is 21.1 Å². The number of hydrogen-bond donors (Lipinski definition) is 2. The minimum Gasteiger partial charge on any atom is -0.356 e. The first kappa shape index (κ1) is 12.0. The topological polar surface area (TPSA) is 67.1 Å². The summed E-state index contributed by atoms with van der Waals surface area (Å²) in [6, 6.07) is 5.42. The quantitative estimate of drug-likeness (QED) is 0.724. The summed E-state index contributed by atoms with van der Waals surface area (Å²) in [7, 11) is 0. The highest BCUT2D eigenvalue weighted by Gasteiger charge is 2.31. The van der Waals surface area contributed by atoms with Crippen molar-refractivity contribution in [2.75, 3.05) is 0 Å². The van der Waals surface area contributed by atoms with Crippen LogP contribution in [0.15, 0.2) is 29.2 Å². The van der Waals surface area contributed by atoms with Gasteiger partial charge >= 0.3 is 0 Å². The van der Waals surface area contributed by atoms with Crippen molar-refractivity contribution in [2.24, 2.45) is 0 Å². The van der Waals surface area contributed by atoms with Crippen molar-refractivity contribution in [2.45, 2.75) is 19.5 Å². The van der Waals surface area contributed by atoms with E-state index < -0.39 is 6.29 Å². The van der Waals surface area contributed by atoms with Crippen molar-refractivity contribution in [3.63, 3.8) is 0 Å². The molecule has 0 spiro atoms. The van der Waals surface area contributed by atoms with Gasteiger partial charge in [0.1, 0.15) is 5.52 Å². The lowest BCUT2D eigenvalue weighted by molar-refractivity contribution is -0.382. The maximum Gasteiger partial charge on any atom is 0.272 e. The Morgan fingerprint density at radius 1 is 1.30 bits per heavy atom. The van der Waals surface area contributed by atoms with Gasteiger partial charge in [0, 0.05) is 27.6 Å². The number of nitrogens with one attached hydrogen (secondary N) is 2. The summed E-state index contributed by atoms with van der Waals surface area (Å²) in [6.45, 7) is 1.83. The lowest BCUT2D eigenvalue weighted by Crippen LogP contribution is -2.31. The molecular weight excluding hydrogens is 280 g/mol. The van der Waals surface area contributed by atoms with Crippen LogP contribution in [0.4, 0.5) is 0 Å². The molecule has 5 nitrogen and oxygen atoms in total. The van der Waals surface area contributed by atoms with Gasteiger partial charge in [0.25, 0.3) is 5.56 Å². The predicted octanol–water partition coefficient (Wildman–Crippen LogP) is 3.05. The molecule has 0 atom stereocenters. The Kier molecular flexibility index (Phi) is 2.44. The number of rotatable bonds is 1. The van der Waals surface area contributed by atoms with Crippen molar-refractivity contribution in [1.29, 1.82) is 0 Å². The molecule has 1 aromatic carbocycles. The van der Waals surface area contributed by atoms with E-state index in [0.717, 1.165) is 16.3 Å². The molecule has 1 fully saturated rings. The molecule has 0 saturated carbocycles. The van der Waals surface area contributed by atoms with Crippen molar-refractivity contribution in [1.82, 2.24) is 9.97 Å². The summed E-state index contributed by atoms with van der Waals surface area (Å²) in [5, 5.41) is 2.30. The SMILES string of the molecule is CC1OC(c2c[nH]c3c(=O)[nH]c4cc(Cl)ccc4c23)O1. The fourth-order valence-corrected chi connectivity index (χ4v) is 2.79. The molecule has 3 heterocycles. The summed E-state index contributed by atoms with van der Waals surface area (Å²) in [5.74, 6) is 0. The van der Waals surface area contributed by atoms with Crippen molar-refractivity contribution in [3.8, 4) is 0 Å². The van der Waals surface area contributed by atoms with Crippen LogP contribution in [-0.4, -0.2) is 16.3 Å². The summed E-state index contributed by atoms with van der Waals surface area (Å²) in [5.41, 5.74) is 1.86. The molecule has 20 heavy (non-hydrogen) atoms. The first-order valence-corrected chi connectivity index (χ1v) is 6.65. The van der Waals surface area contributed by atoms with E-state index in [9.17, 15) is 4.79 Å². The van der Waals surface area contributed by atoms with E-state index in [0.29, 0.717) is 16.1 Å².